The number of amides is 1. The molecule has 2 fully saturated rings. The van der Waals surface area contributed by atoms with Crippen molar-refractivity contribution >= 4 is 17.5 Å². The fourth-order valence-corrected chi connectivity index (χ4v) is 4.49. The number of hydrogen-bond donors (Lipinski definition) is 1. The molecule has 1 saturated heterocycles. The molecule has 8 nitrogen and oxygen atoms in total. The topological polar surface area (TPSA) is 83.5 Å². The van der Waals surface area contributed by atoms with E-state index in [-0.39, 0.29) is 18.1 Å². The predicted molar refractivity (Wildman–Crippen MR) is 111 cm³/mol. The Kier molecular flexibility index (Phi) is 5.62. The van der Waals surface area contributed by atoms with E-state index in [1.165, 1.54) is 11.1 Å². The third-order valence-corrected chi connectivity index (χ3v) is 5.99. The summed E-state index contributed by atoms with van der Waals surface area (Å²) in [7, 11) is 5.23. The summed E-state index contributed by atoms with van der Waals surface area (Å²) in [5.41, 5.74) is 0.381. The average Bonchev–Trinajstić information content (AvgIpc) is 3.16. The molecule has 4 rings (SSSR count). The summed E-state index contributed by atoms with van der Waals surface area (Å²) in [4.78, 5) is 29.2. The van der Waals surface area contributed by atoms with Crippen molar-refractivity contribution in [3.8, 4) is 0 Å². The van der Waals surface area contributed by atoms with Crippen LogP contribution in [-0.4, -0.2) is 72.2 Å². The number of ether oxygens (including phenoxy) is 1. The van der Waals surface area contributed by atoms with Gasteiger partial charge >= 0.3 is 0 Å². The van der Waals surface area contributed by atoms with E-state index >= 15 is 0 Å². The van der Waals surface area contributed by atoms with Gasteiger partial charge in [-0.1, -0.05) is 6.07 Å². The van der Waals surface area contributed by atoms with Gasteiger partial charge in [-0.15, -0.1) is 0 Å². The van der Waals surface area contributed by atoms with Gasteiger partial charge in [0.2, 0.25) is 0 Å². The summed E-state index contributed by atoms with van der Waals surface area (Å²) in [6.07, 6.45) is 7.23. The second-order valence-electron chi connectivity index (χ2n) is 8.10. The molecule has 1 N–H and O–H groups in total. The van der Waals surface area contributed by atoms with E-state index in [1.807, 2.05) is 18.2 Å². The molecule has 154 valence electrons. The number of pyridine rings is 1. The zero-order valence-corrected chi connectivity index (χ0v) is 17.2. The number of anilines is 2. The van der Waals surface area contributed by atoms with E-state index in [2.05, 4.69) is 25.2 Å². The lowest BCUT2D eigenvalue weighted by atomic mass is 9.77. The molecule has 4 atom stereocenters. The van der Waals surface area contributed by atoms with Gasteiger partial charge in [-0.05, 0) is 36.8 Å². The quantitative estimate of drug-likeness (QED) is 0.827. The lowest BCUT2D eigenvalue weighted by Crippen LogP contribution is -2.44. The highest BCUT2D eigenvalue weighted by atomic mass is 16.5. The predicted octanol–water partition coefficient (Wildman–Crippen LogP) is 1.92. The number of nitrogens with one attached hydrogen (secondary N) is 1. The van der Waals surface area contributed by atoms with Crippen molar-refractivity contribution < 1.29 is 9.53 Å². The maximum atomic E-state index is 12.2. The van der Waals surface area contributed by atoms with Crippen LogP contribution in [0.25, 0.3) is 0 Å². The van der Waals surface area contributed by atoms with E-state index in [9.17, 15) is 4.79 Å². The minimum absolute atomic E-state index is 0.130. The van der Waals surface area contributed by atoms with Crippen LogP contribution >= 0.6 is 0 Å². The number of rotatable bonds is 5. The lowest BCUT2D eigenvalue weighted by molar-refractivity contribution is 0.0305. The van der Waals surface area contributed by atoms with Crippen molar-refractivity contribution in [3.63, 3.8) is 0 Å². The molecule has 8 heteroatoms. The Morgan fingerprint density at radius 3 is 2.69 bits per heavy atom. The molecule has 1 aliphatic heterocycles. The molecule has 0 unspecified atom stereocenters. The molecule has 2 aromatic heterocycles. The minimum Gasteiger partial charge on any atom is -0.379 e. The summed E-state index contributed by atoms with van der Waals surface area (Å²) in [5.74, 6) is 2.60. The average molecular weight is 396 g/mol. The number of carbonyl (C=O) groups is 1. The van der Waals surface area contributed by atoms with E-state index in [0.717, 1.165) is 37.6 Å². The molecular weight excluding hydrogens is 368 g/mol. The van der Waals surface area contributed by atoms with E-state index in [0.29, 0.717) is 17.5 Å². The third-order valence-electron chi connectivity index (χ3n) is 5.99. The van der Waals surface area contributed by atoms with Gasteiger partial charge in [0.1, 0.15) is 17.3 Å². The largest absolute Gasteiger partial charge is 0.379 e. The smallest absolute Gasteiger partial charge is 0.273 e. The highest BCUT2D eigenvalue weighted by Crippen LogP contribution is 2.39. The van der Waals surface area contributed by atoms with Crippen molar-refractivity contribution in [1.82, 2.24) is 19.9 Å². The first-order chi connectivity index (χ1) is 14.0. The number of fused-ring (bicyclic) bond motifs is 1. The zero-order valence-electron chi connectivity index (χ0n) is 17.2. The van der Waals surface area contributed by atoms with Gasteiger partial charge in [0.05, 0.1) is 24.5 Å². The van der Waals surface area contributed by atoms with Crippen molar-refractivity contribution in [2.75, 3.05) is 44.5 Å². The highest BCUT2D eigenvalue weighted by molar-refractivity contribution is 5.91. The number of hydrogen-bond acceptors (Lipinski definition) is 7. The molecule has 1 saturated carbocycles. The fraction of sp³-hybridized carbons (Fsp3) is 0.524. The second-order valence-corrected chi connectivity index (χ2v) is 8.10. The summed E-state index contributed by atoms with van der Waals surface area (Å²) >= 11 is 0. The van der Waals surface area contributed by atoms with Crippen molar-refractivity contribution in [1.29, 1.82) is 0 Å². The first kappa shape index (κ1) is 19.6. The maximum Gasteiger partial charge on any atom is 0.273 e. The van der Waals surface area contributed by atoms with Crippen LogP contribution in [0.5, 0.6) is 0 Å². The van der Waals surface area contributed by atoms with Crippen molar-refractivity contribution in [3.05, 3.63) is 42.5 Å². The molecule has 2 aromatic rings. The zero-order chi connectivity index (χ0) is 20.4. The van der Waals surface area contributed by atoms with Crippen LogP contribution in [0.4, 0.5) is 11.6 Å². The van der Waals surface area contributed by atoms with Gasteiger partial charge in [-0.2, -0.15) is 0 Å². The van der Waals surface area contributed by atoms with E-state index in [1.54, 1.807) is 33.6 Å². The van der Waals surface area contributed by atoms with Crippen LogP contribution in [0.2, 0.25) is 0 Å². The monoisotopic (exact) mass is 396 g/mol. The van der Waals surface area contributed by atoms with Gasteiger partial charge in [0.25, 0.3) is 5.91 Å². The Morgan fingerprint density at radius 2 is 2.00 bits per heavy atom. The summed E-state index contributed by atoms with van der Waals surface area (Å²) in [6, 6.07) is 6.12. The van der Waals surface area contributed by atoms with E-state index < -0.39 is 0 Å². The first-order valence-electron chi connectivity index (χ1n) is 10.0. The number of carbonyl (C=O) groups excluding carboxylic acids is 1. The second kappa shape index (κ2) is 8.32. The molecule has 1 aliphatic carbocycles. The molecule has 0 spiro atoms. The summed E-state index contributed by atoms with van der Waals surface area (Å²) in [5, 5.41) is 3.55. The lowest BCUT2D eigenvalue weighted by Gasteiger charge is -2.37. The van der Waals surface area contributed by atoms with Crippen LogP contribution < -0.4 is 10.2 Å². The Morgan fingerprint density at radius 1 is 1.21 bits per heavy atom. The van der Waals surface area contributed by atoms with Gasteiger partial charge in [0, 0.05) is 40.5 Å². The maximum absolute atomic E-state index is 12.2. The number of nitrogens with zero attached hydrogens (tertiary/aromatic N) is 5. The number of aromatic nitrogens is 3. The summed E-state index contributed by atoms with van der Waals surface area (Å²) < 4.78 is 5.82. The minimum atomic E-state index is -0.130. The molecular formula is C21H28N6O2. The van der Waals surface area contributed by atoms with Gasteiger partial charge in [0.15, 0.2) is 0 Å². The Labute approximate surface area is 171 Å². The van der Waals surface area contributed by atoms with Crippen LogP contribution in [0.3, 0.4) is 0 Å². The third kappa shape index (κ3) is 4.17. The molecule has 0 radical (unpaired) electrons. The molecule has 0 bridgehead atoms. The van der Waals surface area contributed by atoms with E-state index in [4.69, 9.17) is 4.74 Å². The molecule has 0 aromatic carbocycles. The van der Waals surface area contributed by atoms with Crippen LogP contribution in [0.1, 0.15) is 23.3 Å². The standard InChI is InChI=1S/C21H28N6O2/c1-26(2)21(28)17-10-22-11-20(25-17)27-12-14-8-16(18(29-3)9-15(14)13-27)24-19-6-4-5-7-23-19/h4-7,10-11,14-16,18H,8-9,12-13H2,1-3H3,(H,23,24)/t14-,15+,16-,18-/m1/s1. The first-order valence-corrected chi connectivity index (χ1v) is 10.0. The highest BCUT2D eigenvalue weighted by Gasteiger charge is 2.43. The van der Waals surface area contributed by atoms with Gasteiger partial charge in [-0.3, -0.25) is 9.78 Å². The number of methoxy groups -OCH3 is 1. The van der Waals surface area contributed by atoms with Crippen LogP contribution in [0.15, 0.2) is 36.8 Å². The van der Waals surface area contributed by atoms with Crippen molar-refractivity contribution in [2.24, 2.45) is 11.8 Å². The SMILES string of the molecule is CO[C@@H]1C[C@H]2CN(c3cncc(C(=O)N(C)C)n3)C[C@H]2C[C@H]1Nc1ccccn1. The Bertz CT molecular complexity index is 846. The van der Waals surface area contributed by atoms with Gasteiger partial charge < -0.3 is 19.9 Å². The molecule has 2 aliphatic rings. The van der Waals surface area contributed by atoms with Crippen molar-refractivity contribution in [2.45, 2.75) is 25.0 Å². The normalized spacial score (nSPS) is 26.1. The molecule has 29 heavy (non-hydrogen) atoms. The van der Waals surface area contributed by atoms with Crippen LogP contribution in [-0.2, 0) is 4.74 Å². The van der Waals surface area contributed by atoms with Gasteiger partial charge in [-0.25, -0.2) is 9.97 Å². The molecule has 3 heterocycles. The van der Waals surface area contributed by atoms with Crippen LogP contribution in [0, 0.1) is 11.8 Å². The Balaban J connectivity index is 1.47. The Hall–Kier alpha value is -2.74. The fourth-order valence-electron chi connectivity index (χ4n) is 4.49. The summed E-state index contributed by atoms with van der Waals surface area (Å²) in [6.45, 7) is 1.82. The molecule has 1 amide bonds.